The summed E-state index contributed by atoms with van der Waals surface area (Å²) in [4.78, 5) is 33.2. The van der Waals surface area contributed by atoms with Crippen LogP contribution in [0.25, 0.3) is 16.9 Å². The van der Waals surface area contributed by atoms with Gasteiger partial charge >= 0.3 is 0 Å². The number of halogens is 1. The summed E-state index contributed by atoms with van der Waals surface area (Å²) in [6, 6.07) is 24.7. The van der Waals surface area contributed by atoms with E-state index in [1.165, 1.54) is 11.8 Å². The Hall–Kier alpha value is -4.80. The molecule has 0 aliphatic carbocycles. The number of ether oxygens (including phenoxy) is 2. The molecular weight excluding hydrogens is 622 g/mol. The van der Waals surface area contributed by atoms with Crippen LogP contribution in [0.1, 0.15) is 27.5 Å². The van der Waals surface area contributed by atoms with Gasteiger partial charge in [0, 0.05) is 40.7 Å². The Morgan fingerprint density at radius 3 is 2.52 bits per heavy atom. The molecule has 46 heavy (non-hydrogen) atoms. The van der Waals surface area contributed by atoms with Gasteiger partial charge in [-0.05, 0) is 61.0 Å². The first-order chi connectivity index (χ1) is 22.4. The van der Waals surface area contributed by atoms with Crippen LogP contribution in [-0.2, 0) is 16.1 Å². The molecule has 5 aromatic rings. The third-order valence-corrected chi connectivity index (χ3v) is 9.21. The number of carbonyl (C=O) groups is 2. The summed E-state index contributed by atoms with van der Waals surface area (Å²) in [6.45, 7) is 2.09. The van der Waals surface area contributed by atoms with Crippen molar-refractivity contribution in [3.8, 4) is 28.4 Å². The Labute approximate surface area is 276 Å². The molecule has 0 spiro atoms. The number of anilines is 1. The van der Waals surface area contributed by atoms with Crippen molar-refractivity contribution in [2.45, 2.75) is 18.7 Å². The molecule has 9 nitrogen and oxygen atoms in total. The van der Waals surface area contributed by atoms with E-state index in [1.807, 2.05) is 85.8 Å². The lowest BCUT2D eigenvalue weighted by molar-refractivity contribution is -0.123. The number of hydrogen-bond donors (Lipinski definition) is 1. The highest BCUT2D eigenvalue weighted by Gasteiger charge is 2.39. The van der Waals surface area contributed by atoms with Crippen LogP contribution in [0.5, 0.6) is 11.5 Å². The lowest BCUT2D eigenvalue weighted by Gasteiger charge is -2.24. The van der Waals surface area contributed by atoms with E-state index in [4.69, 9.17) is 26.2 Å². The molecule has 3 heterocycles. The quantitative estimate of drug-likeness (QED) is 0.197. The fourth-order valence-electron chi connectivity index (χ4n) is 5.40. The number of nitrogens with one attached hydrogen (secondary N) is 1. The topological polar surface area (TPSA) is 98.6 Å². The minimum Gasteiger partial charge on any atom is -0.497 e. The maximum Gasteiger partial charge on any atom is 0.240 e. The van der Waals surface area contributed by atoms with Crippen LogP contribution in [-0.4, -0.2) is 53.1 Å². The second-order valence-electron chi connectivity index (χ2n) is 10.8. The van der Waals surface area contributed by atoms with Crippen LogP contribution in [0.3, 0.4) is 0 Å². The Bertz CT molecular complexity index is 1860. The second kappa shape index (κ2) is 13.7. The SMILES string of the molecule is COc1ccc(OC)c(C2SCC(=O)N(CC(=O)NCc3cccnc3)c3c2c(-c2ccc(Cl)cc2)nn3-c2ccc(C)cc2)c1. The number of thioether (sulfide) groups is 1. The van der Waals surface area contributed by atoms with E-state index in [1.54, 1.807) is 36.2 Å². The second-order valence-corrected chi connectivity index (χ2v) is 12.3. The Morgan fingerprint density at radius 2 is 1.83 bits per heavy atom. The van der Waals surface area contributed by atoms with E-state index in [2.05, 4.69) is 10.3 Å². The van der Waals surface area contributed by atoms with Crippen LogP contribution in [0, 0.1) is 6.92 Å². The smallest absolute Gasteiger partial charge is 0.240 e. The molecule has 2 amide bonds. The molecule has 6 rings (SSSR count). The number of pyridine rings is 1. The van der Waals surface area contributed by atoms with Crippen LogP contribution >= 0.6 is 23.4 Å². The monoisotopic (exact) mass is 653 g/mol. The number of methoxy groups -OCH3 is 2. The van der Waals surface area contributed by atoms with Crippen molar-refractivity contribution in [3.05, 3.63) is 119 Å². The molecular formula is C35H32ClN5O4S. The van der Waals surface area contributed by atoms with Gasteiger partial charge < -0.3 is 14.8 Å². The molecule has 0 fully saturated rings. The van der Waals surface area contributed by atoms with Crippen molar-refractivity contribution < 1.29 is 19.1 Å². The number of nitrogens with zero attached hydrogens (tertiary/aromatic N) is 4. The Balaban J connectivity index is 1.56. The Morgan fingerprint density at radius 1 is 1.04 bits per heavy atom. The molecule has 3 aromatic carbocycles. The first-order valence-corrected chi connectivity index (χ1v) is 16.0. The predicted octanol–water partition coefficient (Wildman–Crippen LogP) is 6.40. The zero-order chi connectivity index (χ0) is 32.2. The third kappa shape index (κ3) is 6.45. The van der Waals surface area contributed by atoms with E-state index in [0.717, 1.165) is 33.5 Å². The first-order valence-electron chi connectivity index (χ1n) is 14.6. The molecule has 1 atom stereocenters. The molecule has 2 aromatic heterocycles. The van der Waals surface area contributed by atoms with Crippen LogP contribution in [0.4, 0.5) is 5.82 Å². The van der Waals surface area contributed by atoms with E-state index < -0.39 is 5.25 Å². The van der Waals surface area contributed by atoms with Crippen LogP contribution < -0.4 is 19.7 Å². The van der Waals surface area contributed by atoms with Gasteiger partial charge in [-0.15, -0.1) is 11.8 Å². The minimum atomic E-state index is -0.405. The molecule has 0 saturated carbocycles. The summed E-state index contributed by atoms with van der Waals surface area (Å²) >= 11 is 7.75. The maximum absolute atomic E-state index is 14.1. The lowest BCUT2D eigenvalue weighted by atomic mass is 9.98. The van der Waals surface area contributed by atoms with E-state index in [-0.39, 0.29) is 30.7 Å². The van der Waals surface area contributed by atoms with Gasteiger partial charge in [0.15, 0.2) is 0 Å². The molecule has 11 heteroatoms. The molecule has 0 saturated heterocycles. The molecule has 0 radical (unpaired) electrons. The number of aromatic nitrogens is 3. The molecule has 1 aliphatic rings. The summed E-state index contributed by atoms with van der Waals surface area (Å²) < 4.78 is 13.2. The molecule has 0 bridgehead atoms. The minimum absolute atomic E-state index is 0.115. The molecule has 1 aliphatic heterocycles. The number of hydrogen-bond acceptors (Lipinski definition) is 7. The zero-order valence-corrected chi connectivity index (χ0v) is 27.1. The number of benzene rings is 3. The fourth-order valence-corrected chi connectivity index (χ4v) is 6.74. The number of fused-ring (bicyclic) bond motifs is 1. The standard InChI is InChI=1S/C35H32ClN5O4S/c1-22-6-12-26(13-7-22)41-35-32(33(39-41)24-8-10-25(36)11-9-24)34(28-17-27(44-2)14-15-29(28)45-3)46-21-31(43)40(35)20-30(42)38-19-23-5-4-16-37-18-23/h4-18,34H,19-21H2,1-3H3,(H,38,42). The summed E-state index contributed by atoms with van der Waals surface area (Å²) in [5.41, 5.74) is 5.75. The van der Waals surface area contributed by atoms with Crippen molar-refractivity contribution in [1.82, 2.24) is 20.1 Å². The number of carbonyl (C=O) groups excluding carboxylic acids is 2. The van der Waals surface area contributed by atoms with Crippen molar-refractivity contribution in [2.75, 3.05) is 31.4 Å². The van der Waals surface area contributed by atoms with Gasteiger partial charge in [-0.1, -0.05) is 47.5 Å². The van der Waals surface area contributed by atoms with E-state index >= 15 is 0 Å². The van der Waals surface area contributed by atoms with Gasteiger partial charge in [0.05, 0.1) is 36.6 Å². The highest BCUT2D eigenvalue weighted by molar-refractivity contribution is 8.00. The zero-order valence-electron chi connectivity index (χ0n) is 25.6. The van der Waals surface area contributed by atoms with Crippen molar-refractivity contribution in [3.63, 3.8) is 0 Å². The largest absolute Gasteiger partial charge is 0.497 e. The van der Waals surface area contributed by atoms with Gasteiger partial charge in [-0.25, -0.2) is 4.68 Å². The number of rotatable bonds is 9. The van der Waals surface area contributed by atoms with Gasteiger partial charge in [-0.3, -0.25) is 19.5 Å². The van der Waals surface area contributed by atoms with Crippen molar-refractivity contribution in [2.24, 2.45) is 0 Å². The highest BCUT2D eigenvalue weighted by Crippen LogP contribution is 2.51. The average molecular weight is 654 g/mol. The molecule has 1 unspecified atom stereocenters. The number of aryl methyl sites for hydroxylation is 1. The van der Waals surface area contributed by atoms with Gasteiger partial charge in [0.2, 0.25) is 11.8 Å². The summed E-state index contributed by atoms with van der Waals surface area (Å²) in [6.07, 6.45) is 3.38. The van der Waals surface area contributed by atoms with E-state index in [0.29, 0.717) is 28.0 Å². The Kier molecular flexibility index (Phi) is 9.28. The van der Waals surface area contributed by atoms with Gasteiger partial charge in [0.25, 0.3) is 0 Å². The normalized spacial score (nSPS) is 14.4. The molecule has 1 N–H and O–H groups in total. The summed E-state index contributed by atoms with van der Waals surface area (Å²) in [5.74, 6) is 1.39. The number of amides is 2. The third-order valence-electron chi connectivity index (χ3n) is 7.72. The predicted molar refractivity (Wildman–Crippen MR) is 181 cm³/mol. The highest BCUT2D eigenvalue weighted by atomic mass is 35.5. The first kappa shape index (κ1) is 31.2. The molecule has 234 valence electrons. The maximum atomic E-state index is 14.1. The van der Waals surface area contributed by atoms with Crippen LogP contribution in [0.15, 0.2) is 91.3 Å². The van der Waals surface area contributed by atoms with Gasteiger partial charge in [-0.2, -0.15) is 5.10 Å². The lowest BCUT2D eigenvalue weighted by Crippen LogP contribution is -2.42. The fraction of sp³-hybridized carbons (Fsp3) is 0.200. The van der Waals surface area contributed by atoms with Crippen molar-refractivity contribution >= 4 is 41.0 Å². The van der Waals surface area contributed by atoms with Gasteiger partial charge in [0.1, 0.15) is 23.9 Å². The van der Waals surface area contributed by atoms with E-state index in [9.17, 15) is 9.59 Å². The average Bonchev–Trinajstić information content (AvgIpc) is 3.40. The van der Waals surface area contributed by atoms with Crippen molar-refractivity contribution in [1.29, 1.82) is 0 Å². The summed E-state index contributed by atoms with van der Waals surface area (Å²) in [7, 11) is 3.23. The summed E-state index contributed by atoms with van der Waals surface area (Å²) in [5, 5.41) is 8.28. The van der Waals surface area contributed by atoms with Crippen LogP contribution in [0.2, 0.25) is 5.02 Å².